The molecule has 2 aliphatic heterocycles. The number of likely N-dealkylation sites (N-methyl/N-ethyl adjacent to an activating group) is 1. The van der Waals surface area contributed by atoms with E-state index in [-0.39, 0.29) is 23.6 Å². The number of nitrogens with zero attached hydrogens (tertiary/aromatic N) is 2. The first-order valence-electron chi connectivity index (χ1n) is 10.6. The molecule has 2 aliphatic rings. The predicted octanol–water partition coefficient (Wildman–Crippen LogP) is 3.55. The van der Waals surface area contributed by atoms with Crippen molar-refractivity contribution in [3.63, 3.8) is 0 Å². The Bertz CT molecular complexity index is 527. The second-order valence-electron chi connectivity index (χ2n) is 9.29. The molecule has 27 heavy (non-hydrogen) atoms. The van der Waals surface area contributed by atoms with Crippen molar-refractivity contribution >= 4 is 12.0 Å². The number of fused-ring (bicyclic) bond motifs is 2. The van der Waals surface area contributed by atoms with Crippen molar-refractivity contribution < 1.29 is 14.3 Å². The molecular weight excluding hydrogens is 342 g/mol. The van der Waals surface area contributed by atoms with Gasteiger partial charge >= 0.3 is 6.09 Å². The number of rotatable bonds is 6. The molecule has 2 bridgehead atoms. The molecule has 1 N–H and O–H groups in total. The number of ether oxygens (including phenoxy) is 1. The van der Waals surface area contributed by atoms with Gasteiger partial charge in [0.2, 0.25) is 5.91 Å². The highest BCUT2D eigenvalue weighted by molar-refractivity contribution is 5.78. The van der Waals surface area contributed by atoms with Crippen molar-refractivity contribution in [1.29, 1.82) is 0 Å². The first-order chi connectivity index (χ1) is 12.6. The average Bonchev–Trinajstić information content (AvgIpc) is 2.53. The Balaban J connectivity index is 2.18. The maximum Gasteiger partial charge on any atom is 0.410 e. The van der Waals surface area contributed by atoms with Crippen LogP contribution in [-0.4, -0.2) is 65.2 Å². The van der Waals surface area contributed by atoms with Gasteiger partial charge < -0.3 is 15.0 Å². The first-order valence-corrected chi connectivity index (χ1v) is 10.6. The van der Waals surface area contributed by atoms with Crippen molar-refractivity contribution in [1.82, 2.24) is 15.1 Å². The van der Waals surface area contributed by atoms with E-state index in [0.29, 0.717) is 19.1 Å². The molecule has 2 saturated heterocycles. The van der Waals surface area contributed by atoms with E-state index in [0.717, 1.165) is 38.5 Å². The van der Waals surface area contributed by atoms with Crippen LogP contribution >= 0.6 is 0 Å². The highest BCUT2D eigenvalue weighted by Gasteiger charge is 2.50. The Kier molecular flexibility index (Phi) is 7.17. The van der Waals surface area contributed by atoms with Gasteiger partial charge in [0.15, 0.2) is 0 Å². The zero-order valence-electron chi connectivity index (χ0n) is 18.1. The fraction of sp³-hybridized carbons (Fsp3) is 0.905. The molecule has 2 fully saturated rings. The zero-order valence-corrected chi connectivity index (χ0v) is 18.1. The summed E-state index contributed by atoms with van der Waals surface area (Å²) in [6.07, 6.45) is 7.17. The quantitative estimate of drug-likeness (QED) is 0.764. The molecular formula is C21H39N3O3. The van der Waals surface area contributed by atoms with Crippen LogP contribution in [0.25, 0.3) is 0 Å². The van der Waals surface area contributed by atoms with Crippen LogP contribution in [0.2, 0.25) is 0 Å². The fourth-order valence-corrected chi connectivity index (χ4v) is 4.97. The molecule has 0 aliphatic carbocycles. The molecule has 156 valence electrons. The van der Waals surface area contributed by atoms with Gasteiger partial charge in [-0.1, -0.05) is 19.8 Å². The molecule has 0 saturated carbocycles. The number of carbonyl (C=O) groups is 2. The summed E-state index contributed by atoms with van der Waals surface area (Å²) in [5.74, 6) is 0.115. The van der Waals surface area contributed by atoms with E-state index in [9.17, 15) is 9.59 Å². The lowest BCUT2D eigenvalue weighted by molar-refractivity contribution is -0.131. The summed E-state index contributed by atoms with van der Waals surface area (Å²) in [7, 11) is 1.87. The lowest BCUT2D eigenvalue weighted by Gasteiger charge is -2.58. The second kappa shape index (κ2) is 8.80. The molecule has 2 rings (SSSR count). The van der Waals surface area contributed by atoms with Crippen molar-refractivity contribution in [2.24, 2.45) is 0 Å². The number of hydrogen-bond donors (Lipinski definition) is 1. The maximum atomic E-state index is 12.6. The standard InChI is InChI=1S/C21H39N3O3/c1-7-11-21-12-9-10-16(24(21)15-18(25)22-8-2)13-17(14-21)23(6)19(26)27-20(3,4)5/h16-17H,7-15H2,1-6H3,(H,22,25)/t16-,17-,21+/m1/s1. The van der Waals surface area contributed by atoms with Crippen LogP contribution in [0.3, 0.4) is 0 Å². The van der Waals surface area contributed by atoms with E-state index in [1.807, 2.05) is 34.7 Å². The summed E-state index contributed by atoms with van der Waals surface area (Å²) in [6.45, 7) is 11.0. The maximum absolute atomic E-state index is 12.6. The van der Waals surface area contributed by atoms with Crippen LogP contribution < -0.4 is 5.32 Å². The normalized spacial score (nSPS) is 28.5. The Morgan fingerprint density at radius 1 is 1.30 bits per heavy atom. The molecule has 0 spiro atoms. The van der Waals surface area contributed by atoms with Gasteiger partial charge in [0.25, 0.3) is 0 Å². The van der Waals surface area contributed by atoms with Crippen LogP contribution in [0.5, 0.6) is 0 Å². The molecule has 0 aromatic carbocycles. The molecule has 0 radical (unpaired) electrons. The summed E-state index contributed by atoms with van der Waals surface area (Å²) in [6, 6.07) is 0.527. The second-order valence-corrected chi connectivity index (χ2v) is 9.29. The Hall–Kier alpha value is -1.30. The van der Waals surface area contributed by atoms with Crippen LogP contribution in [0.15, 0.2) is 0 Å². The minimum Gasteiger partial charge on any atom is -0.444 e. The van der Waals surface area contributed by atoms with E-state index in [2.05, 4.69) is 17.1 Å². The summed E-state index contributed by atoms with van der Waals surface area (Å²) < 4.78 is 5.60. The lowest BCUT2D eigenvalue weighted by Crippen LogP contribution is -2.66. The van der Waals surface area contributed by atoms with E-state index in [4.69, 9.17) is 4.74 Å². The molecule has 0 aromatic rings. The van der Waals surface area contributed by atoms with E-state index < -0.39 is 5.60 Å². The third-order valence-corrected chi connectivity index (χ3v) is 6.02. The molecule has 2 heterocycles. The summed E-state index contributed by atoms with van der Waals surface area (Å²) in [4.78, 5) is 29.2. The van der Waals surface area contributed by atoms with Gasteiger partial charge in [0.05, 0.1) is 6.54 Å². The van der Waals surface area contributed by atoms with Gasteiger partial charge in [0.1, 0.15) is 5.60 Å². The topological polar surface area (TPSA) is 61.9 Å². The minimum absolute atomic E-state index is 0.0158. The third-order valence-electron chi connectivity index (χ3n) is 6.02. The van der Waals surface area contributed by atoms with Gasteiger partial charge in [-0.25, -0.2) is 4.79 Å². The van der Waals surface area contributed by atoms with E-state index >= 15 is 0 Å². The van der Waals surface area contributed by atoms with Crippen LogP contribution in [0.4, 0.5) is 4.79 Å². The highest BCUT2D eigenvalue weighted by Crippen LogP contribution is 2.45. The first kappa shape index (κ1) is 22.0. The minimum atomic E-state index is -0.485. The lowest BCUT2D eigenvalue weighted by atomic mass is 9.69. The number of amides is 2. The van der Waals surface area contributed by atoms with Crippen LogP contribution in [0.1, 0.15) is 79.6 Å². The third kappa shape index (κ3) is 5.37. The van der Waals surface area contributed by atoms with Crippen LogP contribution in [0, 0.1) is 0 Å². The van der Waals surface area contributed by atoms with Crippen molar-refractivity contribution in [2.45, 2.75) is 103 Å². The molecule has 3 atom stereocenters. The molecule has 6 heteroatoms. The van der Waals surface area contributed by atoms with Gasteiger partial charge in [0, 0.05) is 31.2 Å². The molecule has 6 nitrogen and oxygen atoms in total. The molecule has 0 unspecified atom stereocenters. The van der Waals surface area contributed by atoms with Crippen molar-refractivity contribution in [2.75, 3.05) is 20.1 Å². The summed E-state index contributed by atoms with van der Waals surface area (Å²) >= 11 is 0. The van der Waals surface area contributed by atoms with Crippen molar-refractivity contribution in [3.05, 3.63) is 0 Å². The highest BCUT2D eigenvalue weighted by atomic mass is 16.6. The van der Waals surface area contributed by atoms with Gasteiger partial charge in [-0.15, -0.1) is 0 Å². The largest absolute Gasteiger partial charge is 0.444 e. The predicted molar refractivity (Wildman–Crippen MR) is 108 cm³/mol. The SMILES string of the molecule is CCC[C@]12CCC[C@H](C[C@@H](N(C)C(=O)OC(C)(C)C)C1)N2CC(=O)NCC. The Morgan fingerprint density at radius 3 is 2.59 bits per heavy atom. The number of carbonyl (C=O) groups excluding carboxylic acids is 2. The Labute approximate surface area is 165 Å². The van der Waals surface area contributed by atoms with Crippen LogP contribution in [-0.2, 0) is 9.53 Å². The zero-order chi connectivity index (χ0) is 20.2. The van der Waals surface area contributed by atoms with Gasteiger partial charge in [-0.05, 0) is 59.8 Å². The fourth-order valence-electron chi connectivity index (χ4n) is 4.97. The van der Waals surface area contributed by atoms with E-state index in [1.54, 1.807) is 4.90 Å². The monoisotopic (exact) mass is 381 g/mol. The molecule has 0 aromatic heterocycles. The molecule has 2 amide bonds. The van der Waals surface area contributed by atoms with E-state index in [1.165, 1.54) is 6.42 Å². The summed E-state index contributed by atoms with van der Waals surface area (Å²) in [5, 5.41) is 2.95. The number of piperidine rings is 2. The smallest absolute Gasteiger partial charge is 0.410 e. The summed E-state index contributed by atoms with van der Waals surface area (Å²) in [5.41, 5.74) is -0.469. The number of hydrogen-bond acceptors (Lipinski definition) is 4. The average molecular weight is 382 g/mol. The van der Waals surface area contributed by atoms with Gasteiger partial charge in [-0.2, -0.15) is 0 Å². The number of nitrogens with one attached hydrogen (secondary N) is 1. The van der Waals surface area contributed by atoms with Crippen molar-refractivity contribution in [3.8, 4) is 0 Å². The van der Waals surface area contributed by atoms with Gasteiger partial charge in [-0.3, -0.25) is 9.69 Å². The Morgan fingerprint density at radius 2 is 2.00 bits per heavy atom.